The topological polar surface area (TPSA) is 72.7 Å². The van der Waals surface area contributed by atoms with E-state index in [9.17, 15) is 14.9 Å². The van der Waals surface area contributed by atoms with Gasteiger partial charge in [0.15, 0.2) is 0 Å². The Morgan fingerprint density at radius 2 is 2.24 bits per heavy atom. The van der Waals surface area contributed by atoms with Gasteiger partial charge in [0.25, 0.3) is 11.6 Å². The van der Waals surface area contributed by atoms with Crippen molar-refractivity contribution >= 4 is 28.9 Å². The number of amides is 1. The molecule has 1 saturated heterocycles. The van der Waals surface area contributed by atoms with Gasteiger partial charge in [0, 0.05) is 18.7 Å². The maximum atomic E-state index is 11.6. The molecule has 0 N–H and O–H groups in total. The van der Waals surface area contributed by atoms with Crippen LogP contribution in [0.25, 0.3) is 0 Å². The zero-order valence-electron chi connectivity index (χ0n) is 8.76. The van der Waals surface area contributed by atoms with Crippen molar-refractivity contribution in [3.63, 3.8) is 0 Å². The molecule has 7 heteroatoms. The third-order valence-electron chi connectivity index (χ3n) is 2.42. The van der Waals surface area contributed by atoms with Crippen LogP contribution in [0.2, 0.25) is 5.02 Å². The van der Waals surface area contributed by atoms with Crippen molar-refractivity contribution in [2.75, 3.05) is 24.7 Å². The third-order valence-corrected chi connectivity index (χ3v) is 2.74. The molecule has 1 aromatic rings. The fraction of sp³-hybridized carbons (Fsp3) is 0.300. The third kappa shape index (κ3) is 2.37. The van der Waals surface area contributed by atoms with E-state index in [1.165, 1.54) is 23.1 Å². The Kier molecular flexibility index (Phi) is 3.26. The molecule has 0 aromatic heterocycles. The van der Waals surface area contributed by atoms with Gasteiger partial charge in [-0.05, 0) is 6.07 Å². The van der Waals surface area contributed by atoms with E-state index >= 15 is 0 Å². The quantitative estimate of drug-likeness (QED) is 0.595. The molecule has 0 atom stereocenters. The molecule has 0 unspecified atom stereocenters. The Morgan fingerprint density at radius 3 is 2.88 bits per heavy atom. The van der Waals surface area contributed by atoms with Crippen LogP contribution >= 0.6 is 11.6 Å². The Labute approximate surface area is 102 Å². The van der Waals surface area contributed by atoms with E-state index in [1.54, 1.807) is 0 Å². The Balaban J connectivity index is 2.39. The molecule has 1 aromatic carbocycles. The molecule has 1 fully saturated rings. The Bertz CT molecular complexity index is 477. The molecule has 1 aliphatic heterocycles. The summed E-state index contributed by atoms with van der Waals surface area (Å²) in [6.07, 6.45) is 0. The summed E-state index contributed by atoms with van der Waals surface area (Å²) in [7, 11) is 0. The molecule has 6 nitrogen and oxygen atoms in total. The number of rotatable bonds is 2. The average molecular weight is 257 g/mol. The van der Waals surface area contributed by atoms with Crippen molar-refractivity contribution in [3.8, 4) is 0 Å². The minimum Gasteiger partial charge on any atom is -0.370 e. The number of halogens is 1. The average Bonchev–Trinajstić information content (AvgIpc) is 2.30. The van der Waals surface area contributed by atoms with Gasteiger partial charge in [-0.2, -0.15) is 0 Å². The molecule has 0 saturated carbocycles. The molecule has 1 heterocycles. The van der Waals surface area contributed by atoms with Gasteiger partial charge in [-0.15, -0.1) is 0 Å². The van der Waals surface area contributed by atoms with Gasteiger partial charge in [0.2, 0.25) is 0 Å². The molecule has 2 rings (SSSR count). The highest BCUT2D eigenvalue weighted by atomic mass is 35.5. The summed E-state index contributed by atoms with van der Waals surface area (Å²) in [5.41, 5.74) is 0.262. The number of nitro groups is 1. The van der Waals surface area contributed by atoms with Gasteiger partial charge in [-0.25, -0.2) is 0 Å². The molecule has 0 bridgehead atoms. The highest BCUT2D eigenvalue weighted by Gasteiger charge is 2.23. The van der Waals surface area contributed by atoms with Crippen LogP contribution in [0.5, 0.6) is 0 Å². The summed E-state index contributed by atoms with van der Waals surface area (Å²) in [4.78, 5) is 23.1. The second-order valence-corrected chi connectivity index (χ2v) is 3.90. The summed E-state index contributed by atoms with van der Waals surface area (Å²) in [6, 6.07) is 4.01. The Hall–Kier alpha value is -1.66. The summed E-state index contributed by atoms with van der Waals surface area (Å²) >= 11 is 5.94. The fourth-order valence-corrected chi connectivity index (χ4v) is 1.81. The van der Waals surface area contributed by atoms with Gasteiger partial charge in [-0.3, -0.25) is 14.9 Å². The van der Waals surface area contributed by atoms with Crippen molar-refractivity contribution in [1.82, 2.24) is 0 Å². The van der Waals surface area contributed by atoms with Crippen LogP contribution in [-0.4, -0.2) is 30.6 Å². The SMILES string of the molecule is O=C1COCCN1c1cc([N+](=O)[O-])ccc1Cl. The second kappa shape index (κ2) is 4.68. The normalized spacial score (nSPS) is 16.1. The van der Waals surface area contributed by atoms with Crippen molar-refractivity contribution in [2.24, 2.45) is 0 Å². The van der Waals surface area contributed by atoms with Crippen molar-refractivity contribution in [3.05, 3.63) is 33.3 Å². The van der Waals surface area contributed by atoms with E-state index < -0.39 is 4.92 Å². The number of ether oxygens (including phenoxy) is 1. The number of carbonyl (C=O) groups is 1. The number of carbonyl (C=O) groups excluding carboxylic acids is 1. The number of benzene rings is 1. The summed E-state index contributed by atoms with van der Waals surface area (Å²) < 4.78 is 4.98. The molecular formula is C10H9ClN2O4. The van der Waals surface area contributed by atoms with Crippen LogP contribution < -0.4 is 4.90 Å². The standard InChI is InChI=1S/C10H9ClN2O4/c11-8-2-1-7(13(15)16)5-9(8)12-3-4-17-6-10(12)14/h1-2,5H,3-4,6H2. The predicted molar refractivity (Wildman–Crippen MR) is 61.3 cm³/mol. The molecular weight excluding hydrogens is 248 g/mol. The van der Waals surface area contributed by atoms with Crippen molar-refractivity contribution in [2.45, 2.75) is 0 Å². The van der Waals surface area contributed by atoms with Crippen LogP contribution in [0.15, 0.2) is 18.2 Å². The highest BCUT2D eigenvalue weighted by molar-refractivity contribution is 6.34. The molecule has 0 radical (unpaired) electrons. The number of nitro benzene ring substituents is 1. The number of non-ortho nitro benzene ring substituents is 1. The van der Waals surface area contributed by atoms with Gasteiger partial charge >= 0.3 is 0 Å². The summed E-state index contributed by atoms with van der Waals surface area (Å²) in [5, 5.41) is 11.0. The molecule has 0 aliphatic carbocycles. The minimum absolute atomic E-state index is 0.0287. The number of morpholine rings is 1. The first-order chi connectivity index (χ1) is 8.09. The lowest BCUT2D eigenvalue weighted by molar-refractivity contribution is -0.384. The van der Waals surface area contributed by atoms with Crippen LogP contribution in [0.1, 0.15) is 0 Å². The fourth-order valence-electron chi connectivity index (χ4n) is 1.59. The largest absolute Gasteiger partial charge is 0.370 e. The van der Waals surface area contributed by atoms with Gasteiger partial charge in [0.05, 0.1) is 22.2 Å². The predicted octanol–water partition coefficient (Wildman–Crippen LogP) is 1.61. The monoisotopic (exact) mass is 256 g/mol. The van der Waals surface area contributed by atoms with E-state index in [0.29, 0.717) is 23.9 Å². The van der Waals surface area contributed by atoms with Crippen LogP contribution in [0, 0.1) is 10.1 Å². The maximum absolute atomic E-state index is 11.6. The number of hydrogen-bond donors (Lipinski definition) is 0. The zero-order valence-corrected chi connectivity index (χ0v) is 9.51. The number of nitrogens with zero attached hydrogens (tertiary/aromatic N) is 2. The van der Waals surface area contributed by atoms with Crippen LogP contribution in [0.4, 0.5) is 11.4 Å². The van der Waals surface area contributed by atoms with E-state index in [0.717, 1.165) is 0 Å². The lowest BCUT2D eigenvalue weighted by Gasteiger charge is -2.27. The molecule has 1 amide bonds. The molecule has 0 spiro atoms. The smallest absolute Gasteiger partial charge is 0.271 e. The van der Waals surface area contributed by atoms with E-state index in [-0.39, 0.29) is 18.2 Å². The van der Waals surface area contributed by atoms with E-state index in [1.807, 2.05) is 0 Å². The first kappa shape index (κ1) is 11.8. The van der Waals surface area contributed by atoms with Crippen molar-refractivity contribution < 1.29 is 14.5 Å². The van der Waals surface area contributed by atoms with Gasteiger partial charge in [0.1, 0.15) is 6.61 Å². The number of anilines is 1. The van der Waals surface area contributed by atoms with Gasteiger partial charge < -0.3 is 9.64 Å². The summed E-state index contributed by atoms with van der Waals surface area (Å²) in [5.74, 6) is -0.251. The summed E-state index contributed by atoms with van der Waals surface area (Å²) in [6.45, 7) is 0.712. The first-order valence-corrected chi connectivity index (χ1v) is 5.29. The van der Waals surface area contributed by atoms with E-state index in [2.05, 4.69) is 0 Å². The minimum atomic E-state index is -0.523. The second-order valence-electron chi connectivity index (χ2n) is 3.49. The maximum Gasteiger partial charge on any atom is 0.271 e. The van der Waals surface area contributed by atoms with Crippen LogP contribution in [-0.2, 0) is 9.53 Å². The van der Waals surface area contributed by atoms with Gasteiger partial charge in [-0.1, -0.05) is 11.6 Å². The Morgan fingerprint density at radius 1 is 1.47 bits per heavy atom. The lowest BCUT2D eigenvalue weighted by atomic mass is 10.2. The van der Waals surface area contributed by atoms with E-state index in [4.69, 9.17) is 16.3 Å². The van der Waals surface area contributed by atoms with Crippen molar-refractivity contribution in [1.29, 1.82) is 0 Å². The highest BCUT2D eigenvalue weighted by Crippen LogP contribution is 2.30. The molecule has 17 heavy (non-hydrogen) atoms. The molecule has 1 aliphatic rings. The molecule has 90 valence electrons. The zero-order chi connectivity index (χ0) is 12.4. The first-order valence-electron chi connectivity index (χ1n) is 4.91. The van der Waals surface area contributed by atoms with Crippen LogP contribution in [0.3, 0.4) is 0 Å². The number of hydrogen-bond acceptors (Lipinski definition) is 4. The lowest BCUT2D eigenvalue weighted by Crippen LogP contribution is -2.41.